The summed E-state index contributed by atoms with van der Waals surface area (Å²) >= 11 is 0. The zero-order valence-electron chi connectivity index (χ0n) is 23.7. The number of methoxy groups -OCH3 is 1. The van der Waals surface area contributed by atoms with Crippen molar-refractivity contribution in [1.29, 1.82) is 0 Å². The van der Waals surface area contributed by atoms with Crippen LogP contribution in [0.5, 0.6) is 5.75 Å². The molecule has 1 unspecified atom stereocenters. The monoisotopic (exact) mass is 543 g/mol. The zero-order valence-corrected chi connectivity index (χ0v) is 23.7. The molecule has 1 aliphatic heterocycles. The summed E-state index contributed by atoms with van der Waals surface area (Å²) in [5.74, 6) is 1.18. The quantitative estimate of drug-likeness (QED) is 0.206. The topological polar surface area (TPSA) is 37.7 Å². The molecule has 2 heterocycles. The maximum Gasteiger partial charge on any atom is 0.223 e. The van der Waals surface area contributed by atoms with Crippen molar-refractivity contribution in [2.24, 2.45) is 0 Å². The van der Waals surface area contributed by atoms with Gasteiger partial charge in [0, 0.05) is 61.9 Å². The van der Waals surface area contributed by atoms with Crippen molar-refractivity contribution in [3.8, 4) is 5.75 Å². The highest BCUT2D eigenvalue weighted by molar-refractivity contribution is 5.86. The standard InChI is InChI=1S/C36H37N3O2/c1-41-32-18-16-31(17-19-32)37-20-22-38(23-21-37)36(40)25-30(24-28-10-4-2-5-11-28)34-27-39(26-29-12-6-3-7-13-29)35-15-9-8-14-33(34)35/h2-19,27,30H,20-26H2,1H3. The van der Waals surface area contributed by atoms with Crippen LogP contribution in [0.3, 0.4) is 0 Å². The van der Waals surface area contributed by atoms with E-state index < -0.39 is 0 Å². The van der Waals surface area contributed by atoms with E-state index in [1.54, 1.807) is 7.11 Å². The van der Waals surface area contributed by atoms with Gasteiger partial charge < -0.3 is 19.1 Å². The van der Waals surface area contributed by atoms with E-state index in [-0.39, 0.29) is 11.8 Å². The summed E-state index contributed by atoms with van der Waals surface area (Å²) in [6.07, 6.45) is 3.62. The second-order valence-electron chi connectivity index (χ2n) is 10.9. The van der Waals surface area contributed by atoms with Gasteiger partial charge in [0.1, 0.15) is 5.75 Å². The van der Waals surface area contributed by atoms with Crippen LogP contribution in [0.1, 0.15) is 29.0 Å². The zero-order chi connectivity index (χ0) is 28.0. The van der Waals surface area contributed by atoms with Crippen LogP contribution in [0.25, 0.3) is 10.9 Å². The number of hydrogen-bond acceptors (Lipinski definition) is 3. The molecule has 5 heteroatoms. The lowest BCUT2D eigenvalue weighted by atomic mass is 9.88. The molecule has 208 valence electrons. The summed E-state index contributed by atoms with van der Waals surface area (Å²) in [6.45, 7) is 3.94. The molecule has 4 aromatic carbocycles. The number of aromatic nitrogens is 1. The third-order valence-electron chi connectivity index (χ3n) is 8.27. The SMILES string of the molecule is COc1ccc(N2CCN(C(=O)CC(Cc3ccccc3)c3cn(Cc4ccccc4)c4ccccc34)CC2)cc1. The van der Waals surface area contributed by atoms with E-state index in [0.29, 0.717) is 6.42 Å². The van der Waals surface area contributed by atoms with Crippen molar-refractivity contribution in [3.63, 3.8) is 0 Å². The summed E-state index contributed by atoms with van der Waals surface area (Å²) in [4.78, 5) is 18.2. The number of benzene rings is 4. The maximum absolute atomic E-state index is 13.8. The van der Waals surface area contributed by atoms with Crippen molar-refractivity contribution in [2.75, 3.05) is 38.2 Å². The number of anilines is 1. The van der Waals surface area contributed by atoms with E-state index in [1.165, 1.54) is 33.3 Å². The Balaban J connectivity index is 1.23. The predicted molar refractivity (Wildman–Crippen MR) is 167 cm³/mol. The van der Waals surface area contributed by atoms with E-state index in [4.69, 9.17) is 4.74 Å². The van der Waals surface area contributed by atoms with Gasteiger partial charge in [0.05, 0.1) is 7.11 Å². The number of piperazine rings is 1. The van der Waals surface area contributed by atoms with Crippen LogP contribution in [0.2, 0.25) is 0 Å². The maximum atomic E-state index is 13.8. The number of fused-ring (bicyclic) bond motifs is 1. The molecule has 41 heavy (non-hydrogen) atoms. The molecule has 1 aromatic heterocycles. The highest BCUT2D eigenvalue weighted by Crippen LogP contribution is 2.34. The molecule has 0 saturated carbocycles. The second kappa shape index (κ2) is 12.3. The molecule has 1 amide bonds. The Morgan fingerprint density at radius 2 is 1.39 bits per heavy atom. The summed E-state index contributed by atoms with van der Waals surface area (Å²) in [5.41, 5.74) is 6.17. The third kappa shape index (κ3) is 6.14. The molecule has 5 nitrogen and oxygen atoms in total. The van der Waals surface area contributed by atoms with Crippen LogP contribution in [-0.4, -0.2) is 48.7 Å². The molecule has 1 atom stereocenters. The smallest absolute Gasteiger partial charge is 0.223 e. The Labute approximate surface area is 242 Å². The van der Waals surface area contributed by atoms with Gasteiger partial charge in [-0.25, -0.2) is 0 Å². The van der Waals surface area contributed by atoms with Gasteiger partial charge >= 0.3 is 0 Å². The minimum atomic E-state index is 0.0893. The van der Waals surface area contributed by atoms with Crippen LogP contribution in [0, 0.1) is 0 Å². The van der Waals surface area contributed by atoms with Gasteiger partial charge in [0.2, 0.25) is 5.91 Å². The van der Waals surface area contributed by atoms with E-state index in [9.17, 15) is 4.79 Å². The first-order valence-corrected chi connectivity index (χ1v) is 14.5. The molecule has 1 fully saturated rings. The summed E-state index contributed by atoms with van der Waals surface area (Å²) in [5, 5.41) is 1.24. The normalized spacial score (nSPS) is 14.3. The summed E-state index contributed by atoms with van der Waals surface area (Å²) in [7, 11) is 1.69. The minimum absolute atomic E-state index is 0.0893. The van der Waals surface area contributed by atoms with Crippen LogP contribution >= 0.6 is 0 Å². The van der Waals surface area contributed by atoms with Crippen molar-refractivity contribution >= 4 is 22.5 Å². The Morgan fingerprint density at radius 1 is 0.756 bits per heavy atom. The molecule has 0 N–H and O–H groups in total. The molecule has 1 aliphatic rings. The number of carbonyl (C=O) groups is 1. The lowest BCUT2D eigenvalue weighted by Gasteiger charge is -2.36. The van der Waals surface area contributed by atoms with Gasteiger partial charge in [-0.05, 0) is 59.4 Å². The van der Waals surface area contributed by atoms with Crippen LogP contribution in [0.15, 0.2) is 115 Å². The Kier molecular flexibility index (Phi) is 8.04. The second-order valence-corrected chi connectivity index (χ2v) is 10.9. The van der Waals surface area contributed by atoms with E-state index >= 15 is 0 Å². The fourth-order valence-corrected chi connectivity index (χ4v) is 6.05. The molecule has 1 saturated heterocycles. The van der Waals surface area contributed by atoms with Crippen molar-refractivity contribution in [2.45, 2.75) is 25.3 Å². The van der Waals surface area contributed by atoms with E-state index in [2.05, 4.69) is 118 Å². The van der Waals surface area contributed by atoms with Gasteiger partial charge in [-0.3, -0.25) is 4.79 Å². The van der Waals surface area contributed by atoms with Gasteiger partial charge in [0.15, 0.2) is 0 Å². The number of para-hydroxylation sites is 1. The van der Waals surface area contributed by atoms with Crippen LogP contribution < -0.4 is 9.64 Å². The Morgan fingerprint density at radius 3 is 2.07 bits per heavy atom. The summed E-state index contributed by atoms with van der Waals surface area (Å²) in [6, 6.07) is 38.0. The molecule has 0 aliphatic carbocycles. The highest BCUT2D eigenvalue weighted by atomic mass is 16.5. The number of rotatable bonds is 9. The van der Waals surface area contributed by atoms with Crippen molar-refractivity contribution in [3.05, 3.63) is 132 Å². The fraction of sp³-hybridized carbons (Fsp3) is 0.250. The molecule has 0 bridgehead atoms. The number of ether oxygens (including phenoxy) is 1. The first-order valence-electron chi connectivity index (χ1n) is 14.5. The first kappa shape index (κ1) is 26.7. The number of amides is 1. The molecular weight excluding hydrogens is 506 g/mol. The van der Waals surface area contributed by atoms with Gasteiger partial charge in [-0.15, -0.1) is 0 Å². The lowest BCUT2D eigenvalue weighted by Crippen LogP contribution is -2.49. The highest BCUT2D eigenvalue weighted by Gasteiger charge is 2.27. The largest absolute Gasteiger partial charge is 0.497 e. The van der Waals surface area contributed by atoms with Crippen molar-refractivity contribution in [1.82, 2.24) is 9.47 Å². The first-order chi connectivity index (χ1) is 20.2. The molecule has 0 radical (unpaired) electrons. The van der Waals surface area contributed by atoms with Gasteiger partial charge in [-0.1, -0.05) is 78.9 Å². The van der Waals surface area contributed by atoms with Gasteiger partial charge in [-0.2, -0.15) is 0 Å². The number of nitrogens with zero attached hydrogens (tertiary/aromatic N) is 3. The average Bonchev–Trinajstić information content (AvgIpc) is 3.40. The van der Waals surface area contributed by atoms with Crippen LogP contribution in [0.4, 0.5) is 5.69 Å². The molecule has 6 rings (SSSR count). The van der Waals surface area contributed by atoms with Crippen LogP contribution in [-0.2, 0) is 17.8 Å². The minimum Gasteiger partial charge on any atom is -0.497 e. The predicted octanol–water partition coefficient (Wildman–Crippen LogP) is 6.76. The fourth-order valence-electron chi connectivity index (χ4n) is 6.05. The lowest BCUT2D eigenvalue weighted by molar-refractivity contribution is -0.131. The molecule has 5 aromatic rings. The third-order valence-corrected chi connectivity index (χ3v) is 8.27. The number of carbonyl (C=O) groups excluding carboxylic acids is 1. The summed E-state index contributed by atoms with van der Waals surface area (Å²) < 4.78 is 7.65. The van der Waals surface area contributed by atoms with Crippen molar-refractivity contribution < 1.29 is 9.53 Å². The Hall–Kier alpha value is -4.51. The van der Waals surface area contributed by atoms with E-state index in [0.717, 1.165) is 44.9 Å². The number of hydrogen-bond donors (Lipinski definition) is 0. The average molecular weight is 544 g/mol. The molecular formula is C36H37N3O2. The molecule has 0 spiro atoms. The Bertz CT molecular complexity index is 1570. The van der Waals surface area contributed by atoms with Gasteiger partial charge in [0.25, 0.3) is 0 Å². The van der Waals surface area contributed by atoms with E-state index in [1.807, 2.05) is 12.1 Å².